The van der Waals surface area contributed by atoms with Crippen molar-refractivity contribution in [3.05, 3.63) is 34.9 Å². The molecule has 0 saturated heterocycles. The monoisotopic (exact) mass is 259 g/mol. The molecule has 3 heteroatoms. The van der Waals surface area contributed by atoms with Crippen LogP contribution >= 0.6 is 0 Å². The van der Waals surface area contributed by atoms with Crippen LogP contribution in [0.5, 0.6) is 0 Å². The van der Waals surface area contributed by atoms with Gasteiger partial charge in [0.05, 0.1) is 0 Å². The molecular formula is C16H21NO2. The molecule has 0 aliphatic heterocycles. The molecule has 1 aliphatic carbocycles. The van der Waals surface area contributed by atoms with Gasteiger partial charge >= 0.3 is 0 Å². The van der Waals surface area contributed by atoms with Crippen LogP contribution < -0.4 is 0 Å². The van der Waals surface area contributed by atoms with Crippen molar-refractivity contribution in [2.75, 3.05) is 7.05 Å². The van der Waals surface area contributed by atoms with Crippen LogP contribution in [0.15, 0.2) is 18.2 Å². The van der Waals surface area contributed by atoms with Crippen LogP contribution in [0.3, 0.4) is 0 Å². The first-order valence-corrected chi connectivity index (χ1v) is 6.85. The standard InChI is InChI=1S/C16H21NO2/c1-11-4-5-12(2)15(10-11)16(19)17(3)13-6-8-14(18)9-7-13/h4-5,10,13H,6-9H2,1-3H3. The highest BCUT2D eigenvalue weighted by Gasteiger charge is 2.26. The van der Waals surface area contributed by atoms with E-state index in [1.165, 1.54) is 0 Å². The Balaban J connectivity index is 2.14. The summed E-state index contributed by atoms with van der Waals surface area (Å²) in [6, 6.07) is 6.15. The number of benzene rings is 1. The Morgan fingerprint density at radius 2 is 1.84 bits per heavy atom. The lowest BCUT2D eigenvalue weighted by Crippen LogP contribution is -2.39. The maximum atomic E-state index is 12.5. The number of rotatable bonds is 2. The van der Waals surface area contributed by atoms with E-state index < -0.39 is 0 Å². The fraction of sp³-hybridized carbons (Fsp3) is 0.500. The normalized spacial score (nSPS) is 16.5. The molecule has 0 unspecified atom stereocenters. The van der Waals surface area contributed by atoms with E-state index in [1.54, 1.807) is 0 Å². The minimum Gasteiger partial charge on any atom is -0.339 e. The minimum absolute atomic E-state index is 0.0700. The van der Waals surface area contributed by atoms with Gasteiger partial charge in [-0.1, -0.05) is 17.7 Å². The van der Waals surface area contributed by atoms with Gasteiger partial charge in [0.2, 0.25) is 0 Å². The molecule has 0 radical (unpaired) electrons. The van der Waals surface area contributed by atoms with Crippen LogP contribution in [0.25, 0.3) is 0 Å². The number of hydrogen-bond donors (Lipinski definition) is 0. The van der Waals surface area contributed by atoms with Gasteiger partial charge in [-0.25, -0.2) is 0 Å². The number of ketones is 1. The first-order chi connectivity index (χ1) is 8.99. The topological polar surface area (TPSA) is 37.4 Å². The number of nitrogens with zero attached hydrogens (tertiary/aromatic N) is 1. The second-order valence-corrected chi connectivity index (χ2v) is 5.50. The zero-order valence-electron chi connectivity index (χ0n) is 11.9. The van der Waals surface area contributed by atoms with Gasteiger partial charge in [-0.05, 0) is 38.3 Å². The molecule has 102 valence electrons. The number of amides is 1. The molecule has 1 aromatic carbocycles. The predicted molar refractivity (Wildman–Crippen MR) is 75.3 cm³/mol. The number of carbonyl (C=O) groups excluding carboxylic acids is 2. The number of Topliss-reactive ketones (excluding diaryl/α,β-unsaturated/α-hetero) is 1. The number of aryl methyl sites for hydroxylation is 2. The quantitative estimate of drug-likeness (QED) is 0.819. The SMILES string of the molecule is Cc1ccc(C)c(C(=O)N(C)C2CCC(=O)CC2)c1. The maximum absolute atomic E-state index is 12.5. The van der Waals surface area contributed by atoms with E-state index in [9.17, 15) is 9.59 Å². The molecule has 19 heavy (non-hydrogen) atoms. The first kappa shape index (κ1) is 13.8. The zero-order valence-corrected chi connectivity index (χ0v) is 11.9. The van der Waals surface area contributed by atoms with Crippen LogP contribution in [0.2, 0.25) is 0 Å². The van der Waals surface area contributed by atoms with E-state index in [4.69, 9.17) is 0 Å². The minimum atomic E-state index is 0.0700. The molecule has 1 amide bonds. The zero-order chi connectivity index (χ0) is 14.0. The Labute approximate surface area is 114 Å². The Bertz CT molecular complexity index is 497. The summed E-state index contributed by atoms with van der Waals surface area (Å²) in [5.41, 5.74) is 2.88. The van der Waals surface area contributed by atoms with Crippen LogP contribution in [-0.4, -0.2) is 29.7 Å². The fourth-order valence-corrected chi connectivity index (χ4v) is 2.63. The highest BCUT2D eigenvalue weighted by molar-refractivity contribution is 5.96. The first-order valence-electron chi connectivity index (χ1n) is 6.85. The van der Waals surface area contributed by atoms with Gasteiger partial charge in [0.25, 0.3) is 5.91 Å². The summed E-state index contributed by atoms with van der Waals surface area (Å²) in [6.45, 7) is 3.96. The third kappa shape index (κ3) is 3.03. The Morgan fingerprint density at radius 1 is 1.21 bits per heavy atom. The van der Waals surface area contributed by atoms with E-state index >= 15 is 0 Å². The average molecular weight is 259 g/mol. The fourth-order valence-electron chi connectivity index (χ4n) is 2.63. The molecule has 2 rings (SSSR count). The lowest BCUT2D eigenvalue weighted by molar-refractivity contribution is -0.121. The molecular weight excluding hydrogens is 238 g/mol. The van der Waals surface area contributed by atoms with E-state index in [0.29, 0.717) is 18.6 Å². The smallest absolute Gasteiger partial charge is 0.254 e. The molecule has 3 nitrogen and oxygen atoms in total. The van der Waals surface area contributed by atoms with Crippen molar-refractivity contribution >= 4 is 11.7 Å². The summed E-state index contributed by atoms with van der Waals surface area (Å²) in [5, 5.41) is 0. The van der Waals surface area contributed by atoms with Crippen molar-refractivity contribution in [1.82, 2.24) is 4.90 Å². The molecule has 0 N–H and O–H groups in total. The third-order valence-corrected chi connectivity index (χ3v) is 4.00. The number of hydrogen-bond acceptors (Lipinski definition) is 2. The van der Waals surface area contributed by atoms with Gasteiger partial charge in [-0.3, -0.25) is 9.59 Å². The van der Waals surface area contributed by atoms with E-state index in [1.807, 2.05) is 44.0 Å². The van der Waals surface area contributed by atoms with Crippen molar-refractivity contribution in [3.8, 4) is 0 Å². The highest BCUT2D eigenvalue weighted by Crippen LogP contribution is 2.22. The second-order valence-electron chi connectivity index (χ2n) is 5.50. The molecule has 0 spiro atoms. The maximum Gasteiger partial charge on any atom is 0.254 e. The lowest BCUT2D eigenvalue weighted by Gasteiger charge is -2.31. The van der Waals surface area contributed by atoms with Crippen LogP contribution in [0.1, 0.15) is 47.2 Å². The van der Waals surface area contributed by atoms with Gasteiger partial charge < -0.3 is 4.90 Å². The molecule has 0 heterocycles. The van der Waals surface area contributed by atoms with Crippen molar-refractivity contribution < 1.29 is 9.59 Å². The Hall–Kier alpha value is -1.64. The summed E-state index contributed by atoms with van der Waals surface area (Å²) in [4.78, 5) is 25.6. The summed E-state index contributed by atoms with van der Waals surface area (Å²) in [5.74, 6) is 0.393. The summed E-state index contributed by atoms with van der Waals surface area (Å²) in [7, 11) is 1.85. The lowest BCUT2D eigenvalue weighted by atomic mass is 9.92. The van der Waals surface area contributed by atoms with Crippen LogP contribution in [-0.2, 0) is 4.79 Å². The molecule has 1 aromatic rings. The summed E-state index contributed by atoms with van der Waals surface area (Å²) < 4.78 is 0. The van der Waals surface area contributed by atoms with Crippen molar-refractivity contribution in [2.24, 2.45) is 0 Å². The van der Waals surface area contributed by atoms with Crippen LogP contribution in [0.4, 0.5) is 0 Å². The summed E-state index contributed by atoms with van der Waals surface area (Å²) in [6.07, 6.45) is 2.81. The van der Waals surface area contributed by atoms with Gasteiger partial charge in [0.15, 0.2) is 0 Å². The molecule has 1 aliphatic rings. The molecule has 0 aromatic heterocycles. The van der Waals surface area contributed by atoms with Gasteiger partial charge in [0, 0.05) is 31.5 Å². The van der Waals surface area contributed by atoms with Crippen molar-refractivity contribution in [3.63, 3.8) is 0 Å². The van der Waals surface area contributed by atoms with Crippen LogP contribution in [0, 0.1) is 13.8 Å². The van der Waals surface area contributed by atoms with E-state index in [0.717, 1.165) is 29.5 Å². The molecule has 0 bridgehead atoms. The van der Waals surface area contributed by atoms with E-state index in [2.05, 4.69) is 0 Å². The van der Waals surface area contributed by atoms with Gasteiger partial charge in [0.1, 0.15) is 5.78 Å². The molecule has 1 fully saturated rings. The van der Waals surface area contributed by atoms with Crippen molar-refractivity contribution in [2.45, 2.75) is 45.6 Å². The Kier molecular flexibility index (Phi) is 4.03. The highest BCUT2D eigenvalue weighted by atomic mass is 16.2. The molecule has 1 saturated carbocycles. The van der Waals surface area contributed by atoms with Gasteiger partial charge in [-0.15, -0.1) is 0 Å². The van der Waals surface area contributed by atoms with Gasteiger partial charge in [-0.2, -0.15) is 0 Å². The third-order valence-electron chi connectivity index (χ3n) is 4.00. The number of carbonyl (C=O) groups is 2. The second kappa shape index (κ2) is 5.55. The Morgan fingerprint density at radius 3 is 2.47 bits per heavy atom. The molecule has 0 atom stereocenters. The predicted octanol–water partition coefficient (Wildman–Crippen LogP) is 2.89. The largest absolute Gasteiger partial charge is 0.339 e. The summed E-state index contributed by atoms with van der Waals surface area (Å²) >= 11 is 0. The van der Waals surface area contributed by atoms with Crippen molar-refractivity contribution in [1.29, 1.82) is 0 Å². The average Bonchev–Trinajstić information content (AvgIpc) is 2.41. The van der Waals surface area contributed by atoms with E-state index in [-0.39, 0.29) is 11.9 Å².